The van der Waals surface area contributed by atoms with Gasteiger partial charge in [0.1, 0.15) is 10.9 Å². The van der Waals surface area contributed by atoms with Gasteiger partial charge in [-0.1, -0.05) is 24.0 Å². The summed E-state index contributed by atoms with van der Waals surface area (Å²) in [5.41, 5.74) is 0. The highest BCUT2D eigenvalue weighted by molar-refractivity contribution is 8.23. The van der Waals surface area contributed by atoms with Crippen LogP contribution in [-0.4, -0.2) is 40.5 Å². The Morgan fingerprint density at radius 3 is 2.92 bits per heavy atom. The summed E-state index contributed by atoms with van der Waals surface area (Å²) in [4.78, 5) is 23.1. The van der Waals surface area contributed by atoms with E-state index >= 15 is 0 Å². The van der Waals surface area contributed by atoms with E-state index in [4.69, 9.17) is 12.2 Å². The molecule has 0 aromatic carbocycles. The van der Waals surface area contributed by atoms with E-state index in [-0.39, 0.29) is 12.5 Å². The first kappa shape index (κ1) is 9.47. The van der Waals surface area contributed by atoms with Gasteiger partial charge >= 0.3 is 5.97 Å². The lowest BCUT2D eigenvalue weighted by atomic mass is 10.5. The second-order valence-electron chi connectivity index (χ2n) is 2.11. The molecular weight excluding hydrogens is 198 g/mol. The first-order valence-electron chi connectivity index (χ1n) is 3.19. The summed E-state index contributed by atoms with van der Waals surface area (Å²) in [6, 6.07) is 0. The molecule has 1 saturated heterocycles. The number of carbonyl (C=O) groups is 2. The van der Waals surface area contributed by atoms with Gasteiger partial charge in [-0.05, 0) is 0 Å². The average Bonchev–Trinajstić information content (AvgIpc) is 2.35. The molecule has 6 heteroatoms. The van der Waals surface area contributed by atoms with Crippen molar-refractivity contribution in [1.82, 2.24) is 4.90 Å². The fourth-order valence-electron chi connectivity index (χ4n) is 0.728. The standard InChI is InChI=1S/C6H7NO3S2/c1-10-5(9)2-7-4(8)3-12-6(7)11/h2-3H2,1H3. The van der Waals surface area contributed by atoms with Gasteiger partial charge in [0.25, 0.3) is 0 Å². The number of hydrogen-bond donors (Lipinski definition) is 0. The van der Waals surface area contributed by atoms with Crippen LogP contribution in [0.4, 0.5) is 0 Å². The number of carbonyl (C=O) groups excluding carboxylic acids is 2. The van der Waals surface area contributed by atoms with E-state index < -0.39 is 5.97 Å². The topological polar surface area (TPSA) is 46.6 Å². The van der Waals surface area contributed by atoms with Crippen molar-refractivity contribution in [3.8, 4) is 0 Å². The van der Waals surface area contributed by atoms with Crippen LogP contribution >= 0.6 is 24.0 Å². The number of nitrogens with zero attached hydrogens (tertiary/aromatic N) is 1. The number of rotatable bonds is 2. The maximum atomic E-state index is 11.0. The molecule has 0 saturated carbocycles. The van der Waals surface area contributed by atoms with Crippen molar-refractivity contribution < 1.29 is 14.3 Å². The van der Waals surface area contributed by atoms with Crippen LogP contribution in [0.25, 0.3) is 0 Å². The van der Waals surface area contributed by atoms with Gasteiger partial charge in [-0.25, -0.2) is 0 Å². The molecule has 0 unspecified atom stereocenters. The molecule has 1 aliphatic heterocycles. The van der Waals surface area contributed by atoms with Crippen LogP contribution in [0.2, 0.25) is 0 Å². The summed E-state index contributed by atoms with van der Waals surface area (Å²) in [5.74, 6) is -0.251. The third kappa shape index (κ3) is 1.95. The summed E-state index contributed by atoms with van der Waals surface area (Å²) in [6.45, 7) is -0.0683. The number of thioether (sulfide) groups is 1. The second kappa shape index (κ2) is 3.86. The Morgan fingerprint density at radius 2 is 2.50 bits per heavy atom. The van der Waals surface area contributed by atoms with Gasteiger partial charge in [0.15, 0.2) is 0 Å². The fraction of sp³-hybridized carbons (Fsp3) is 0.500. The van der Waals surface area contributed by atoms with Crippen molar-refractivity contribution in [2.45, 2.75) is 0 Å². The second-order valence-corrected chi connectivity index (χ2v) is 3.72. The van der Waals surface area contributed by atoms with E-state index in [0.717, 1.165) is 0 Å². The summed E-state index contributed by atoms with van der Waals surface area (Å²) in [5, 5.41) is 0. The minimum atomic E-state index is -0.451. The number of ether oxygens (including phenoxy) is 1. The monoisotopic (exact) mass is 205 g/mol. The number of amides is 1. The molecule has 1 heterocycles. The lowest BCUT2D eigenvalue weighted by Gasteiger charge is -2.11. The largest absolute Gasteiger partial charge is 0.468 e. The zero-order valence-corrected chi connectivity index (χ0v) is 8.04. The van der Waals surface area contributed by atoms with Gasteiger partial charge in [0, 0.05) is 0 Å². The Labute approximate surface area is 79.2 Å². The van der Waals surface area contributed by atoms with Gasteiger partial charge in [-0.15, -0.1) is 0 Å². The minimum Gasteiger partial charge on any atom is -0.468 e. The highest BCUT2D eigenvalue weighted by atomic mass is 32.2. The number of thiocarbonyl (C=S) groups is 1. The average molecular weight is 205 g/mol. The molecule has 1 fully saturated rings. The Morgan fingerprint density at radius 1 is 1.83 bits per heavy atom. The smallest absolute Gasteiger partial charge is 0.325 e. The van der Waals surface area contributed by atoms with Crippen molar-refractivity contribution >= 4 is 40.2 Å². The van der Waals surface area contributed by atoms with Crippen LogP contribution in [0.3, 0.4) is 0 Å². The maximum absolute atomic E-state index is 11.0. The van der Waals surface area contributed by atoms with Crippen molar-refractivity contribution in [1.29, 1.82) is 0 Å². The highest BCUT2D eigenvalue weighted by Crippen LogP contribution is 2.18. The molecule has 1 aliphatic rings. The van der Waals surface area contributed by atoms with Crippen LogP contribution < -0.4 is 0 Å². The van der Waals surface area contributed by atoms with Gasteiger partial charge in [-0.3, -0.25) is 14.5 Å². The van der Waals surface area contributed by atoms with E-state index in [2.05, 4.69) is 4.74 Å². The normalized spacial score (nSPS) is 16.9. The SMILES string of the molecule is COC(=O)CN1C(=O)CSC1=S. The van der Waals surface area contributed by atoms with Crippen LogP contribution in [0, 0.1) is 0 Å². The summed E-state index contributed by atoms with van der Waals surface area (Å²) in [7, 11) is 1.28. The molecule has 0 N–H and O–H groups in total. The number of esters is 1. The van der Waals surface area contributed by atoms with Crippen molar-refractivity contribution in [3.63, 3.8) is 0 Å². The van der Waals surface area contributed by atoms with Gasteiger partial charge < -0.3 is 4.74 Å². The molecule has 0 aromatic heterocycles. The highest BCUT2D eigenvalue weighted by Gasteiger charge is 2.28. The number of hydrogen-bond acceptors (Lipinski definition) is 5. The third-order valence-electron chi connectivity index (χ3n) is 1.36. The zero-order chi connectivity index (χ0) is 9.14. The number of methoxy groups -OCH3 is 1. The maximum Gasteiger partial charge on any atom is 0.325 e. The molecule has 0 aliphatic carbocycles. The van der Waals surface area contributed by atoms with E-state index in [9.17, 15) is 9.59 Å². The van der Waals surface area contributed by atoms with Gasteiger partial charge in [0.2, 0.25) is 5.91 Å². The van der Waals surface area contributed by atoms with Crippen molar-refractivity contribution in [2.24, 2.45) is 0 Å². The molecule has 0 atom stereocenters. The van der Waals surface area contributed by atoms with Gasteiger partial charge in [0.05, 0.1) is 12.9 Å². The lowest BCUT2D eigenvalue weighted by molar-refractivity contribution is -0.143. The lowest BCUT2D eigenvalue weighted by Crippen LogP contribution is -2.34. The molecule has 1 amide bonds. The van der Waals surface area contributed by atoms with Crippen molar-refractivity contribution in [2.75, 3.05) is 19.4 Å². The van der Waals surface area contributed by atoms with E-state index in [1.54, 1.807) is 0 Å². The fourth-order valence-corrected chi connectivity index (χ4v) is 1.80. The van der Waals surface area contributed by atoms with Crippen LogP contribution in [0.1, 0.15) is 0 Å². The first-order valence-corrected chi connectivity index (χ1v) is 4.58. The molecule has 0 bridgehead atoms. The molecule has 4 nitrogen and oxygen atoms in total. The predicted octanol–water partition coefficient (Wildman–Crippen LogP) is 0.0197. The Hall–Kier alpha value is -0.620. The molecule has 0 spiro atoms. The first-order chi connectivity index (χ1) is 5.65. The summed E-state index contributed by atoms with van der Waals surface area (Å²) < 4.78 is 4.86. The zero-order valence-electron chi connectivity index (χ0n) is 6.40. The molecule has 66 valence electrons. The summed E-state index contributed by atoms with van der Waals surface area (Å²) in [6.07, 6.45) is 0. The molecular formula is C6H7NO3S2. The van der Waals surface area contributed by atoms with Crippen LogP contribution in [-0.2, 0) is 14.3 Å². The third-order valence-corrected chi connectivity index (χ3v) is 2.79. The van der Waals surface area contributed by atoms with E-state index in [0.29, 0.717) is 10.1 Å². The van der Waals surface area contributed by atoms with Crippen molar-refractivity contribution in [3.05, 3.63) is 0 Å². The van der Waals surface area contributed by atoms with Gasteiger partial charge in [-0.2, -0.15) is 0 Å². The Balaban J connectivity index is 2.56. The molecule has 12 heavy (non-hydrogen) atoms. The molecule has 0 radical (unpaired) electrons. The van der Waals surface area contributed by atoms with E-state index in [1.165, 1.54) is 23.8 Å². The van der Waals surface area contributed by atoms with E-state index in [1.807, 2.05) is 0 Å². The molecule has 0 aromatic rings. The predicted molar refractivity (Wildman–Crippen MR) is 48.8 cm³/mol. The minimum absolute atomic E-state index is 0.0683. The van der Waals surface area contributed by atoms with Crippen LogP contribution in [0.15, 0.2) is 0 Å². The molecule has 1 rings (SSSR count). The Kier molecular flexibility index (Phi) is 3.05. The summed E-state index contributed by atoms with van der Waals surface area (Å²) >= 11 is 6.11. The Bertz CT molecular complexity index is 225. The quantitative estimate of drug-likeness (QED) is 0.470. The van der Waals surface area contributed by atoms with Crippen LogP contribution in [0.5, 0.6) is 0 Å².